The second-order valence-corrected chi connectivity index (χ2v) is 4.74. The predicted octanol–water partition coefficient (Wildman–Crippen LogP) is 2.15. The molecule has 5 nitrogen and oxygen atoms in total. The van der Waals surface area contributed by atoms with E-state index in [9.17, 15) is 0 Å². The van der Waals surface area contributed by atoms with E-state index >= 15 is 0 Å². The summed E-state index contributed by atoms with van der Waals surface area (Å²) in [5, 5.41) is 8.10. The van der Waals surface area contributed by atoms with Crippen molar-refractivity contribution >= 4 is 0 Å². The standard InChI is InChI=1S/C15H23N5/c1-4-12-9-13(20(6-3)19-12)10-15(17-5-2)14-7-8-16-11-18-14/h7-9,11,15,17H,4-6,10H2,1-3H3. The van der Waals surface area contributed by atoms with Crippen molar-refractivity contribution in [3.63, 3.8) is 0 Å². The van der Waals surface area contributed by atoms with Gasteiger partial charge in [0.05, 0.1) is 17.4 Å². The van der Waals surface area contributed by atoms with Gasteiger partial charge in [0.2, 0.25) is 0 Å². The molecule has 0 fully saturated rings. The van der Waals surface area contributed by atoms with Gasteiger partial charge < -0.3 is 5.32 Å². The normalized spacial score (nSPS) is 12.6. The maximum Gasteiger partial charge on any atom is 0.115 e. The molecule has 1 atom stereocenters. The molecule has 108 valence electrons. The molecule has 0 radical (unpaired) electrons. The first-order valence-electron chi connectivity index (χ1n) is 7.33. The lowest BCUT2D eigenvalue weighted by molar-refractivity contribution is 0.505. The van der Waals surface area contributed by atoms with Crippen molar-refractivity contribution in [2.45, 2.75) is 46.2 Å². The van der Waals surface area contributed by atoms with Crippen LogP contribution >= 0.6 is 0 Å². The second kappa shape index (κ2) is 7.14. The molecule has 2 rings (SSSR count). The quantitative estimate of drug-likeness (QED) is 0.840. The summed E-state index contributed by atoms with van der Waals surface area (Å²) in [6.07, 6.45) is 5.26. The molecular formula is C15H23N5. The van der Waals surface area contributed by atoms with Gasteiger partial charge in [-0.3, -0.25) is 4.68 Å². The Bertz CT molecular complexity index is 520. The van der Waals surface area contributed by atoms with E-state index in [2.05, 4.69) is 51.9 Å². The molecule has 0 aromatic carbocycles. The van der Waals surface area contributed by atoms with Gasteiger partial charge >= 0.3 is 0 Å². The topological polar surface area (TPSA) is 55.6 Å². The largest absolute Gasteiger partial charge is 0.309 e. The molecule has 0 saturated carbocycles. The van der Waals surface area contributed by atoms with E-state index in [1.807, 2.05) is 6.07 Å². The van der Waals surface area contributed by atoms with E-state index in [1.54, 1.807) is 12.5 Å². The Labute approximate surface area is 120 Å². The minimum atomic E-state index is 0.203. The van der Waals surface area contributed by atoms with Crippen LogP contribution in [0.15, 0.2) is 24.7 Å². The summed E-state index contributed by atoms with van der Waals surface area (Å²) >= 11 is 0. The van der Waals surface area contributed by atoms with Crippen LogP contribution in [0.5, 0.6) is 0 Å². The molecule has 2 aromatic heterocycles. The average Bonchev–Trinajstić information content (AvgIpc) is 2.90. The van der Waals surface area contributed by atoms with E-state index in [0.29, 0.717) is 0 Å². The summed E-state index contributed by atoms with van der Waals surface area (Å²) in [4.78, 5) is 8.36. The molecular weight excluding hydrogens is 250 g/mol. The van der Waals surface area contributed by atoms with Crippen molar-refractivity contribution in [2.75, 3.05) is 6.54 Å². The van der Waals surface area contributed by atoms with E-state index in [4.69, 9.17) is 0 Å². The molecule has 0 saturated heterocycles. The van der Waals surface area contributed by atoms with E-state index in [1.165, 1.54) is 5.69 Å². The third-order valence-electron chi connectivity index (χ3n) is 3.40. The number of aryl methyl sites for hydroxylation is 2. The highest BCUT2D eigenvalue weighted by atomic mass is 15.3. The highest BCUT2D eigenvalue weighted by Crippen LogP contribution is 2.17. The maximum atomic E-state index is 4.61. The molecule has 0 aliphatic carbocycles. The lowest BCUT2D eigenvalue weighted by atomic mass is 10.1. The van der Waals surface area contributed by atoms with Crippen LogP contribution in [0, 0.1) is 0 Å². The Morgan fingerprint density at radius 3 is 2.75 bits per heavy atom. The molecule has 2 heterocycles. The third-order valence-corrected chi connectivity index (χ3v) is 3.40. The van der Waals surface area contributed by atoms with Crippen molar-refractivity contribution in [1.29, 1.82) is 0 Å². The monoisotopic (exact) mass is 273 g/mol. The number of aromatic nitrogens is 4. The van der Waals surface area contributed by atoms with Gasteiger partial charge in [-0.2, -0.15) is 5.10 Å². The fraction of sp³-hybridized carbons (Fsp3) is 0.533. The number of likely N-dealkylation sites (N-methyl/N-ethyl adjacent to an activating group) is 1. The Balaban J connectivity index is 2.22. The summed E-state index contributed by atoms with van der Waals surface area (Å²) in [6, 6.07) is 4.38. The Kier molecular flexibility index (Phi) is 5.24. The molecule has 20 heavy (non-hydrogen) atoms. The van der Waals surface area contributed by atoms with Gasteiger partial charge in [-0.1, -0.05) is 13.8 Å². The van der Waals surface area contributed by atoms with Crippen LogP contribution in [-0.4, -0.2) is 26.3 Å². The van der Waals surface area contributed by atoms with Crippen molar-refractivity contribution in [3.05, 3.63) is 41.7 Å². The summed E-state index contributed by atoms with van der Waals surface area (Å²) < 4.78 is 2.09. The van der Waals surface area contributed by atoms with Crippen molar-refractivity contribution in [1.82, 2.24) is 25.1 Å². The first-order chi connectivity index (χ1) is 9.78. The van der Waals surface area contributed by atoms with Gasteiger partial charge in [0.25, 0.3) is 0 Å². The second-order valence-electron chi connectivity index (χ2n) is 4.74. The van der Waals surface area contributed by atoms with E-state index in [-0.39, 0.29) is 6.04 Å². The Morgan fingerprint density at radius 2 is 2.15 bits per heavy atom. The van der Waals surface area contributed by atoms with Crippen LogP contribution in [0.2, 0.25) is 0 Å². The number of nitrogens with zero attached hydrogens (tertiary/aromatic N) is 4. The maximum absolute atomic E-state index is 4.61. The summed E-state index contributed by atoms with van der Waals surface area (Å²) in [5.41, 5.74) is 3.44. The average molecular weight is 273 g/mol. The lowest BCUT2D eigenvalue weighted by Crippen LogP contribution is -2.25. The zero-order chi connectivity index (χ0) is 14.4. The van der Waals surface area contributed by atoms with Crippen LogP contribution < -0.4 is 5.32 Å². The molecule has 0 aliphatic heterocycles. The summed E-state index contributed by atoms with van der Waals surface area (Å²) in [7, 11) is 0. The fourth-order valence-electron chi connectivity index (χ4n) is 2.37. The summed E-state index contributed by atoms with van der Waals surface area (Å²) in [5.74, 6) is 0. The van der Waals surface area contributed by atoms with Crippen molar-refractivity contribution in [2.24, 2.45) is 0 Å². The predicted molar refractivity (Wildman–Crippen MR) is 79.4 cm³/mol. The lowest BCUT2D eigenvalue weighted by Gasteiger charge is -2.17. The molecule has 2 aromatic rings. The van der Waals surface area contributed by atoms with Gasteiger partial charge in [0.15, 0.2) is 0 Å². The minimum Gasteiger partial charge on any atom is -0.309 e. The van der Waals surface area contributed by atoms with Crippen LogP contribution in [0.4, 0.5) is 0 Å². The Morgan fingerprint density at radius 1 is 1.30 bits per heavy atom. The number of hydrogen-bond donors (Lipinski definition) is 1. The highest BCUT2D eigenvalue weighted by Gasteiger charge is 2.16. The molecule has 1 N–H and O–H groups in total. The number of rotatable bonds is 7. The third kappa shape index (κ3) is 3.42. The van der Waals surface area contributed by atoms with Gasteiger partial charge in [-0.25, -0.2) is 9.97 Å². The van der Waals surface area contributed by atoms with Crippen LogP contribution in [0.25, 0.3) is 0 Å². The highest BCUT2D eigenvalue weighted by molar-refractivity contribution is 5.15. The SMILES string of the molecule is CCNC(Cc1cc(CC)nn1CC)c1ccncn1. The molecule has 0 amide bonds. The van der Waals surface area contributed by atoms with Gasteiger partial charge in [-0.05, 0) is 32.0 Å². The van der Waals surface area contributed by atoms with Crippen LogP contribution in [0.1, 0.15) is 43.9 Å². The number of nitrogens with one attached hydrogen (secondary N) is 1. The minimum absolute atomic E-state index is 0.203. The molecule has 5 heteroatoms. The van der Waals surface area contributed by atoms with Gasteiger partial charge in [0, 0.05) is 24.9 Å². The zero-order valence-electron chi connectivity index (χ0n) is 12.5. The van der Waals surface area contributed by atoms with E-state index in [0.717, 1.165) is 37.3 Å². The molecule has 0 bridgehead atoms. The Hall–Kier alpha value is -1.75. The van der Waals surface area contributed by atoms with Crippen molar-refractivity contribution in [3.8, 4) is 0 Å². The fourth-order valence-corrected chi connectivity index (χ4v) is 2.37. The zero-order valence-corrected chi connectivity index (χ0v) is 12.5. The smallest absolute Gasteiger partial charge is 0.115 e. The van der Waals surface area contributed by atoms with E-state index < -0.39 is 0 Å². The van der Waals surface area contributed by atoms with Gasteiger partial charge in [0.1, 0.15) is 6.33 Å². The molecule has 0 spiro atoms. The first-order valence-corrected chi connectivity index (χ1v) is 7.33. The van der Waals surface area contributed by atoms with Crippen molar-refractivity contribution < 1.29 is 0 Å². The van der Waals surface area contributed by atoms with Crippen LogP contribution in [0.3, 0.4) is 0 Å². The molecule has 0 aliphatic rings. The van der Waals surface area contributed by atoms with Crippen LogP contribution in [-0.2, 0) is 19.4 Å². The summed E-state index contributed by atoms with van der Waals surface area (Å²) in [6.45, 7) is 8.19. The number of hydrogen-bond acceptors (Lipinski definition) is 4. The van der Waals surface area contributed by atoms with Gasteiger partial charge in [-0.15, -0.1) is 0 Å². The molecule has 1 unspecified atom stereocenters. The first kappa shape index (κ1) is 14.7.